The van der Waals surface area contributed by atoms with Gasteiger partial charge in [0.2, 0.25) is 0 Å². The molecule has 3 rings (SSSR count). The fourth-order valence-electron chi connectivity index (χ4n) is 3.05. The zero-order valence-electron chi connectivity index (χ0n) is 17.5. The molecule has 0 unspecified atom stereocenters. The first kappa shape index (κ1) is 23.2. The monoisotopic (exact) mass is 460 g/mol. The van der Waals surface area contributed by atoms with E-state index in [4.69, 9.17) is 4.74 Å². The first-order valence-corrected chi connectivity index (χ1v) is 11.2. The molecule has 2 N–H and O–H groups in total. The summed E-state index contributed by atoms with van der Waals surface area (Å²) in [6.07, 6.45) is -0.0414. The van der Waals surface area contributed by atoms with Gasteiger partial charge in [-0.2, -0.15) is 0 Å². The molecule has 1 amide bonds. The Hall–Kier alpha value is -3.46. The number of aryl methyl sites for hydroxylation is 1. The highest BCUT2D eigenvalue weighted by molar-refractivity contribution is 7.92. The van der Waals surface area contributed by atoms with Gasteiger partial charge < -0.3 is 10.1 Å². The number of hydrogen-bond donors (Lipinski definition) is 2. The van der Waals surface area contributed by atoms with Gasteiger partial charge in [-0.05, 0) is 67.4 Å². The number of halogens is 2. The second-order valence-corrected chi connectivity index (χ2v) is 8.70. The summed E-state index contributed by atoms with van der Waals surface area (Å²) in [6, 6.07) is 14.1. The van der Waals surface area contributed by atoms with Crippen LogP contribution in [0.25, 0.3) is 0 Å². The predicted molar refractivity (Wildman–Crippen MR) is 117 cm³/mol. The maximum absolute atomic E-state index is 13.7. The van der Waals surface area contributed by atoms with Crippen molar-refractivity contribution in [2.75, 3.05) is 18.4 Å². The van der Waals surface area contributed by atoms with Crippen LogP contribution in [0.2, 0.25) is 0 Å². The number of nitrogens with one attached hydrogen (secondary N) is 2. The summed E-state index contributed by atoms with van der Waals surface area (Å²) < 4.78 is 60.5. The highest BCUT2D eigenvalue weighted by Gasteiger charge is 2.19. The third-order valence-corrected chi connectivity index (χ3v) is 6.21. The summed E-state index contributed by atoms with van der Waals surface area (Å²) in [4.78, 5) is 12.5. The van der Waals surface area contributed by atoms with Crippen molar-refractivity contribution >= 4 is 21.6 Å². The van der Waals surface area contributed by atoms with Gasteiger partial charge in [-0.3, -0.25) is 9.52 Å². The zero-order valence-corrected chi connectivity index (χ0v) is 18.3. The SMILES string of the molecule is COc1ccc(NS(=O)(=O)c2ccc(C)c(C(=O)NCCc3c(F)cccc3F)c2)cc1. The molecule has 0 saturated heterocycles. The number of anilines is 1. The minimum absolute atomic E-state index is 0.0167. The summed E-state index contributed by atoms with van der Waals surface area (Å²) in [5.74, 6) is -1.33. The number of carbonyl (C=O) groups is 1. The fraction of sp³-hybridized carbons (Fsp3) is 0.174. The number of ether oxygens (including phenoxy) is 1. The summed E-state index contributed by atoms with van der Waals surface area (Å²) >= 11 is 0. The van der Waals surface area contributed by atoms with E-state index in [0.29, 0.717) is 17.0 Å². The van der Waals surface area contributed by atoms with Gasteiger partial charge in [0.15, 0.2) is 0 Å². The Bertz CT molecular complexity index is 1210. The lowest BCUT2D eigenvalue weighted by molar-refractivity contribution is 0.0953. The molecule has 168 valence electrons. The molecule has 0 heterocycles. The van der Waals surface area contributed by atoms with Crippen molar-refractivity contribution in [2.24, 2.45) is 0 Å². The second-order valence-electron chi connectivity index (χ2n) is 7.02. The van der Waals surface area contributed by atoms with Gasteiger partial charge in [0.1, 0.15) is 17.4 Å². The highest BCUT2D eigenvalue weighted by Crippen LogP contribution is 2.21. The van der Waals surface area contributed by atoms with Crippen molar-refractivity contribution in [3.63, 3.8) is 0 Å². The van der Waals surface area contributed by atoms with E-state index >= 15 is 0 Å². The zero-order chi connectivity index (χ0) is 23.3. The van der Waals surface area contributed by atoms with Crippen LogP contribution in [0, 0.1) is 18.6 Å². The van der Waals surface area contributed by atoms with Crippen LogP contribution in [0.15, 0.2) is 65.6 Å². The average Bonchev–Trinajstić information content (AvgIpc) is 2.76. The Morgan fingerprint density at radius 1 is 1.00 bits per heavy atom. The summed E-state index contributed by atoms with van der Waals surface area (Å²) in [5.41, 5.74) is 0.924. The topological polar surface area (TPSA) is 84.5 Å². The molecule has 0 atom stereocenters. The molecule has 3 aromatic rings. The number of methoxy groups -OCH3 is 1. The van der Waals surface area contributed by atoms with Gasteiger partial charge in [-0.15, -0.1) is 0 Å². The molecule has 32 heavy (non-hydrogen) atoms. The van der Waals surface area contributed by atoms with Crippen molar-refractivity contribution < 1.29 is 26.7 Å². The smallest absolute Gasteiger partial charge is 0.261 e. The quantitative estimate of drug-likeness (QED) is 0.531. The Morgan fingerprint density at radius 2 is 1.66 bits per heavy atom. The molecule has 6 nitrogen and oxygen atoms in total. The van der Waals surface area contributed by atoms with E-state index in [0.717, 1.165) is 12.1 Å². The van der Waals surface area contributed by atoms with Crippen LogP contribution in [-0.4, -0.2) is 28.0 Å². The van der Waals surface area contributed by atoms with E-state index < -0.39 is 27.6 Å². The molecular weight excluding hydrogens is 438 g/mol. The number of sulfonamides is 1. The van der Waals surface area contributed by atoms with Gasteiger partial charge in [-0.25, -0.2) is 17.2 Å². The Balaban J connectivity index is 1.73. The first-order valence-electron chi connectivity index (χ1n) is 9.70. The maximum atomic E-state index is 13.7. The molecule has 0 aliphatic rings. The van der Waals surface area contributed by atoms with Crippen molar-refractivity contribution in [2.45, 2.75) is 18.2 Å². The van der Waals surface area contributed by atoms with Crippen molar-refractivity contribution in [1.82, 2.24) is 5.32 Å². The van der Waals surface area contributed by atoms with E-state index in [1.54, 1.807) is 31.2 Å². The van der Waals surface area contributed by atoms with Crippen LogP contribution in [-0.2, 0) is 16.4 Å². The highest BCUT2D eigenvalue weighted by atomic mass is 32.2. The lowest BCUT2D eigenvalue weighted by Crippen LogP contribution is -2.27. The molecule has 0 aromatic heterocycles. The van der Waals surface area contributed by atoms with Gasteiger partial charge in [0.05, 0.1) is 12.0 Å². The molecule has 0 radical (unpaired) electrons. The van der Waals surface area contributed by atoms with Gasteiger partial charge in [0, 0.05) is 23.4 Å². The van der Waals surface area contributed by atoms with Crippen LogP contribution in [0.1, 0.15) is 21.5 Å². The van der Waals surface area contributed by atoms with Crippen LogP contribution < -0.4 is 14.8 Å². The Kier molecular flexibility index (Phi) is 7.09. The second kappa shape index (κ2) is 9.78. The minimum Gasteiger partial charge on any atom is -0.497 e. The Morgan fingerprint density at radius 3 is 2.28 bits per heavy atom. The molecule has 0 fully saturated rings. The number of hydrogen-bond acceptors (Lipinski definition) is 4. The normalized spacial score (nSPS) is 11.1. The van der Waals surface area contributed by atoms with E-state index in [-0.39, 0.29) is 29.0 Å². The minimum atomic E-state index is -3.95. The standard InChI is InChI=1S/C23H22F2N2O4S/c1-15-6-11-18(32(29,30)27-16-7-9-17(31-2)10-8-16)14-20(15)23(28)26-13-12-19-21(24)4-3-5-22(19)25/h3-11,14,27H,12-13H2,1-2H3,(H,26,28). The predicted octanol–water partition coefficient (Wildman–Crippen LogP) is 4.06. The van der Waals surface area contributed by atoms with Crippen LogP contribution in [0.3, 0.4) is 0 Å². The number of rotatable bonds is 8. The van der Waals surface area contributed by atoms with Gasteiger partial charge in [0.25, 0.3) is 15.9 Å². The molecule has 0 aliphatic heterocycles. The number of benzene rings is 3. The van der Waals surface area contributed by atoms with Gasteiger partial charge in [-0.1, -0.05) is 12.1 Å². The van der Waals surface area contributed by atoms with Crippen molar-refractivity contribution in [1.29, 1.82) is 0 Å². The summed E-state index contributed by atoms with van der Waals surface area (Å²) in [6.45, 7) is 1.65. The average molecular weight is 461 g/mol. The maximum Gasteiger partial charge on any atom is 0.261 e. The van der Waals surface area contributed by atoms with E-state index in [2.05, 4.69) is 10.0 Å². The third kappa shape index (κ3) is 5.42. The number of amides is 1. The van der Waals surface area contributed by atoms with Crippen LogP contribution in [0.5, 0.6) is 5.75 Å². The molecule has 0 saturated carbocycles. The van der Waals surface area contributed by atoms with Crippen LogP contribution in [0.4, 0.5) is 14.5 Å². The molecular formula is C23H22F2N2O4S. The number of carbonyl (C=O) groups excluding carboxylic acids is 1. The molecule has 3 aromatic carbocycles. The van der Waals surface area contributed by atoms with E-state index in [9.17, 15) is 22.0 Å². The van der Waals surface area contributed by atoms with Crippen LogP contribution >= 0.6 is 0 Å². The molecule has 9 heteroatoms. The summed E-state index contributed by atoms with van der Waals surface area (Å²) in [7, 11) is -2.45. The van der Waals surface area contributed by atoms with E-state index in [1.807, 2.05) is 0 Å². The molecule has 0 aliphatic carbocycles. The molecule has 0 bridgehead atoms. The summed E-state index contributed by atoms with van der Waals surface area (Å²) in [5, 5.41) is 2.58. The lowest BCUT2D eigenvalue weighted by atomic mass is 10.1. The molecule has 0 spiro atoms. The lowest BCUT2D eigenvalue weighted by Gasteiger charge is -2.12. The third-order valence-electron chi connectivity index (χ3n) is 4.83. The van der Waals surface area contributed by atoms with Crippen molar-refractivity contribution in [3.8, 4) is 5.75 Å². The van der Waals surface area contributed by atoms with Gasteiger partial charge >= 0.3 is 0 Å². The fourth-order valence-corrected chi connectivity index (χ4v) is 4.14. The van der Waals surface area contributed by atoms with E-state index in [1.165, 1.54) is 31.4 Å². The first-order chi connectivity index (χ1) is 15.2. The Labute approximate surface area is 185 Å². The largest absolute Gasteiger partial charge is 0.497 e. The van der Waals surface area contributed by atoms with Crippen molar-refractivity contribution in [3.05, 3.63) is 89.0 Å².